The summed E-state index contributed by atoms with van der Waals surface area (Å²) in [7, 11) is 0. The number of benzene rings is 1. The van der Waals surface area contributed by atoms with Crippen molar-refractivity contribution in [3.63, 3.8) is 0 Å². The highest BCUT2D eigenvalue weighted by Crippen LogP contribution is 2.25. The Labute approximate surface area is 130 Å². The van der Waals surface area contributed by atoms with Gasteiger partial charge in [0, 0.05) is 19.1 Å². The summed E-state index contributed by atoms with van der Waals surface area (Å²) in [6, 6.07) is 8.65. The first-order valence-electron chi connectivity index (χ1n) is 8.36. The molecule has 21 heavy (non-hydrogen) atoms. The monoisotopic (exact) mass is 292 g/mol. The third-order valence-corrected chi connectivity index (χ3v) is 4.27. The van der Waals surface area contributed by atoms with Crippen molar-refractivity contribution in [3.8, 4) is 5.75 Å². The van der Waals surface area contributed by atoms with Gasteiger partial charge in [0.2, 0.25) is 0 Å². The molecule has 0 radical (unpaired) electrons. The number of ether oxygens (including phenoxy) is 1. The molecule has 120 valence electrons. The van der Waals surface area contributed by atoms with Gasteiger partial charge in [-0.15, -0.1) is 0 Å². The number of likely N-dealkylation sites (N-methyl/N-ethyl adjacent to an activating group) is 1. The van der Waals surface area contributed by atoms with Gasteiger partial charge >= 0.3 is 0 Å². The van der Waals surface area contributed by atoms with E-state index in [1.165, 1.54) is 18.4 Å². The van der Waals surface area contributed by atoms with E-state index in [4.69, 9.17) is 10.5 Å². The van der Waals surface area contributed by atoms with Gasteiger partial charge in [-0.2, -0.15) is 0 Å². The van der Waals surface area contributed by atoms with E-state index in [9.17, 15) is 0 Å². The Kier molecular flexibility index (Phi) is 8.40. The molecule has 0 fully saturated rings. The molecule has 2 N–H and O–H groups in total. The van der Waals surface area contributed by atoms with E-state index in [-0.39, 0.29) is 6.04 Å². The van der Waals surface area contributed by atoms with Gasteiger partial charge in [-0.05, 0) is 37.1 Å². The molecule has 1 atom stereocenters. The Balaban J connectivity index is 2.90. The predicted octanol–water partition coefficient (Wildman–Crippen LogP) is 3.84. The summed E-state index contributed by atoms with van der Waals surface area (Å²) in [5.74, 6) is 1.68. The average Bonchev–Trinajstić information content (AvgIpc) is 2.52. The largest absolute Gasteiger partial charge is 0.494 e. The van der Waals surface area contributed by atoms with Gasteiger partial charge in [0.05, 0.1) is 6.61 Å². The number of hydrogen-bond donors (Lipinski definition) is 1. The van der Waals surface area contributed by atoms with Crippen molar-refractivity contribution < 1.29 is 4.74 Å². The molecule has 0 saturated heterocycles. The van der Waals surface area contributed by atoms with Gasteiger partial charge in [0.15, 0.2) is 0 Å². The highest BCUT2D eigenvalue weighted by Gasteiger charge is 2.20. The molecule has 3 heteroatoms. The Bertz CT molecular complexity index is 391. The maximum Gasteiger partial charge on any atom is 0.119 e. The lowest BCUT2D eigenvalue weighted by molar-refractivity contribution is 0.174. The molecular weight excluding hydrogens is 260 g/mol. The number of rotatable bonds is 10. The summed E-state index contributed by atoms with van der Waals surface area (Å²) in [5, 5.41) is 0. The van der Waals surface area contributed by atoms with Gasteiger partial charge in [0.25, 0.3) is 0 Å². The summed E-state index contributed by atoms with van der Waals surface area (Å²) >= 11 is 0. The third kappa shape index (κ3) is 5.33. The first kappa shape index (κ1) is 18.0. The molecule has 3 nitrogen and oxygen atoms in total. The molecular formula is C18H32N2O. The van der Waals surface area contributed by atoms with E-state index in [1.807, 2.05) is 13.0 Å². The Morgan fingerprint density at radius 1 is 1.14 bits per heavy atom. The highest BCUT2D eigenvalue weighted by molar-refractivity contribution is 5.31. The molecule has 1 unspecified atom stereocenters. The van der Waals surface area contributed by atoms with E-state index in [1.54, 1.807) is 0 Å². The van der Waals surface area contributed by atoms with E-state index in [0.717, 1.165) is 24.8 Å². The smallest absolute Gasteiger partial charge is 0.119 e. The first-order valence-corrected chi connectivity index (χ1v) is 8.36. The second-order valence-corrected chi connectivity index (χ2v) is 5.53. The van der Waals surface area contributed by atoms with Crippen molar-refractivity contribution >= 4 is 0 Å². The van der Waals surface area contributed by atoms with Crippen molar-refractivity contribution in [1.82, 2.24) is 4.90 Å². The average molecular weight is 292 g/mol. The molecule has 0 aliphatic carbocycles. The fourth-order valence-corrected chi connectivity index (χ4v) is 2.83. The number of hydrogen-bond acceptors (Lipinski definition) is 3. The van der Waals surface area contributed by atoms with Crippen molar-refractivity contribution in [2.75, 3.05) is 26.2 Å². The Hall–Kier alpha value is -1.06. The van der Waals surface area contributed by atoms with Crippen LogP contribution in [0.1, 0.15) is 52.1 Å². The standard InChI is InChI=1S/C18H32N2O/c1-5-15(6-2)14-20(7-3)18(13-19)16-10-9-11-17(12-16)21-8-4/h9-12,15,18H,5-8,13-14,19H2,1-4H3. The van der Waals surface area contributed by atoms with Crippen LogP contribution in [0.2, 0.25) is 0 Å². The van der Waals surface area contributed by atoms with Crippen LogP contribution in [0.4, 0.5) is 0 Å². The zero-order chi connectivity index (χ0) is 15.7. The van der Waals surface area contributed by atoms with E-state index < -0.39 is 0 Å². The zero-order valence-corrected chi connectivity index (χ0v) is 14.1. The van der Waals surface area contributed by atoms with Crippen LogP contribution in [0.15, 0.2) is 24.3 Å². The molecule has 0 aromatic heterocycles. The van der Waals surface area contributed by atoms with Gasteiger partial charge < -0.3 is 10.5 Å². The SMILES string of the molecule is CCOc1cccc(C(CN)N(CC)CC(CC)CC)c1. The van der Waals surface area contributed by atoms with Crippen molar-refractivity contribution in [1.29, 1.82) is 0 Å². The summed E-state index contributed by atoms with van der Waals surface area (Å²) in [5.41, 5.74) is 7.34. The summed E-state index contributed by atoms with van der Waals surface area (Å²) < 4.78 is 5.62. The molecule has 1 aromatic rings. The van der Waals surface area contributed by atoms with Crippen LogP contribution < -0.4 is 10.5 Å². The van der Waals surface area contributed by atoms with Gasteiger partial charge in [-0.25, -0.2) is 0 Å². The minimum absolute atomic E-state index is 0.274. The molecule has 1 rings (SSSR count). The minimum atomic E-state index is 0.274. The summed E-state index contributed by atoms with van der Waals surface area (Å²) in [6.07, 6.45) is 2.45. The number of nitrogens with zero attached hydrogens (tertiary/aromatic N) is 1. The van der Waals surface area contributed by atoms with Crippen LogP contribution in [-0.4, -0.2) is 31.1 Å². The maximum absolute atomic E-state index is 6.08. The van der Waals surface area contributed by atoms with Crippen LogP contribution in [-0.2, 0) is 0 Å². The normalized spacial score (nSPS) is 12.9. The van der Waals surface area contributed by atoms with Gasteiger partial charge in [-0.1, -0.05) is 45.7 Å². The lowest BCUT2D eigenvalue weighted by Gasteiger charge is -2.33. The molecule has 0 aliphatic heterocycles. The van der Waals surface area contributed by atoms with Crippen molar-refractivity contribution in [3.05, 3.63) is 29.8 Å². The van der Waals surface area contributed by atoms with Crippen molar-refractivity contribution in [2.24, 2.45) is 11.7 Å². The Morgan fingerprint density at radius 3 is 2.38 bits per heavy atom. The molecule has 0 bridgehead atoms. The third-order valence-electron chi connectivity index (χ3n) is 4.27. The zero-order valence-electron chi connectivity index (χ0n) is 14.1. The lowest BCUT2D eigenvalue weighted by Crippen LogP contribution is -2.37. The summed E-state index contributed by atoms with van der Waals surface area (Å²) in [6.45, 7) is 12.3. The maximum atomic E-state index is 6.08. The fourth-order valence-electron chi connectivity index (χ4n) is 2.83. The second kappa shape index (κ2) is 9.80. The Morgan fingerprint density at radius 2 is 1.86 bits per heavy atom. The van der Waals surface area contributed by atoms with E-state index in [0.29, 0.717) is 13.2 Å². The van der Waals surface area contributed by atoms with Crippen LogP contribution in [0.25, 0.3) is 0 Å². The van der Waals surface area contributed by atoms with E-state index >= 15 is 0 Å². The molecule has 0 saturated carbocycles. The predicted molar refractivity (Wildman–Crippen MR) is 90.7 cm³/mol. The quantitative estimate of drug-likeness (QED) is 0.712. The topological polar surface area (TPSA) is 38.5 Å². The fraction of sp³-hybridized carbons (Fsp3) is 0.667. The molecule has 0 aliphatic rings. The van der Waals surface area contributed by atoms with Crippen LogP contribution in [0.3, 0.4) is 0 Å². The van der Waals surface area contributed by atoms with Gasteiger partial charge in [-0.3, -0.25) is 4.90 Å². The van der Waals surface area contributed by atoms with Crippen LogP contribution in [0, 0.1) is 5.92 Å². The lowest BCUT2D eigenvalue weighted by atomic mass is 9.99. The second-order valence-electron chi connectivity index (χ2n) is 5.53. The van der Waals surface area contributed by atoms with Crippen LogP contribution >= 0.6 is 0 Å². The molecule has 0 amide bonds. The van der Waals surface area contributed by atoms with Crippen molar-refractivity contribution in [2.45, 2.75) is 46.6 Å². The van der Waals surface area contributed by atoms with Crippen LogP contribution in [0.5, 0.6) is 5.75 Å². The summed E-state index contributed by atoms with van der Waals surface area (Å²) in [4.78, 5) is 2.50. The van der Waals surface area contributed by atoms with E-state index in [2.05, 4.69) is 43.9 Å². The minimum Gasteiger partial charge on any atom is -0.494 e. The molecule has 0 heterocycles. The molecule has 1 aromatic carbocycles. The first-order chi connectivity index (χ1) is 10.2. The molecule has 0 spiro atoms. The number of nitrogens with two attached hydrogens (primary N) is 1. The highest BCUT2D eigenvalue weighted by atomic mass is 16.5. The van der Waals surface area contributed by atoms with Gasteiger partial charge in [0.1, 0.15) is 5.75 Å².